The molecule has 17 heavy (non-hydrogen) atoms. The van der Waals surface area contributed by atoms with Gasteiger partial charge in [0.15, 0.2) is 9.04 Å². The molecule has 2 rings (SSSR count). The Labute approximate surface area is 109 Å². The van der Waals surface area contributed by atoms with Crippen LogP contribution in [-0.2, 0) is 3.87 Å². The predicted octanol–water partition coefficient (Wildman–Crippen LogP) is 4.36. The summed E-state index contributed by atoms with van der Waals surface area (Å²) in [6.45, 7) is 4.34. The van der Waals surface area contributed by atoms with Gasteiger partial charge in [0.05, 0.1) is 0 Å². The first-order valence-corrected chi connectivity index (χ1v) is 9.27. The number of hydrogen-bond donors (Lipinski definition) is 0. The predicted molar refractivity (Wildman–Crippen MR) is 77.7 cm³/mol. The maximum Gasteiger partial charge on any atom is 0.190 e. The van der Waals surface area contributed by atoms with Crippen LogP contribution < -0.4 is 0 Å². The molecule has 0 saturated heterocycles. The molecule has 0 aromatic heterocycles. The van der Waals surface area contributed by atoms with Crippen molar-refractivity contribution in [1.29, 1.82) is 0 Å². The first kappa shape index (κ1) is 12.4. The molecule has 0 radical (unpaired) electrons. The van der Waals surface area contributed by atoms with E-state index in [1.807, 2.05) is 6.07 Å². The minimum atomic E-state index is -0.949. The van der Waals surface area contributed by atoms with E-state index >= 15 is 0 Å². The van der Waals surface area contributed by atoms with Gasteiger partial charge in [-0.2, -0.15) is 0 Å². The second-order valence-electron chi connectivity index (χ2n) is 4.12. The molecule has 0 heterocycles. The van der Waals surface area contributed by atoms with Crippen LogP contribution in [0.5, 0.6) is 0 Å². The molecule has 0 amide bonds. The fourth-order valence-electron chi connectivity index (χ4n) is 1.49. The molecule has 2 aromatic rings. The molecule has 0 saturated carbocycles. The Morgan fingerprint density at radius 1 is 0.824 bits per heavy atom. The highest BCUT2D eigenvalue weighted by atomic mass is 32.2. The highest BCUT2D eigenvalue weighted by Gasteiger charge is 2.00. The topological polar surface area (TPSA) is 9.23 Å². The fourth-order valence-corrected chi connectivity index (χ4v) is 2.95. The van der Waals surface area contributed by atoms with Crippen LogP contribution in [0.25, 0.3) is 11.1 Å². The van der Waals surface area contributed by atoms with Gasteiger partial charge in [0.1, 0.15) is 0 Å². The molecule has 0 aliphatic rings. The average Bonchev–Trinajstić information content (AvgIpc) is 2.38. The third-order valence-corrected chi connectivity index (χ3v) is 4.69. The minimum Gasteiger partial charge on any atom is -0.358 e. The van der Waals surface area contributed by atoms with Crippen LogP contribution in [-0.4, -0.2) is 9.04 Å². The Morgan fingerprint density at radius 2 is 1.41 bits per heavy atom. The summed E-state index contributed by atoms with van der Waals surface area (Å²) in [7, 11) is -0.949. The SMILES string of the molecule is C[SiH](C)OSc1ccc(-c2ccccc2)cc1. The highest BCUT2D eigenvalue weighted by Crippen LogP contribution is 2.24. The van der Waals surface area contributed by atoms with Crippen molar-refractivity contribution in [3.05, 3.63) is 54.6 Å². The van der Waals surface area contributed by atoms with Crippen LogP contribution in [0.1, 0.15) is 0 Å². The van der Waals surface area contributed by atoms with Crippen molar-refractivity contribution in [3.63, 3.8) is 0 Å². The molecule has 88 valence electrons. The standard InChI is InChI=1S/C14H16OSSi/c1-17(2)15-16-14-10-8-13(9-11-14)12-6-4-3-5-7-12/h3-11,17H,1-2H3. The summed E-state index contributed by atoms with van der Waals surface area (Å²) in [5, 5.41) is 0. The largest absolute Gasteiger partial charge is 0.358 e. The van der Waals surface area contributed by atoms with Crippen molar-refractivity contribution in [2.75, 3.05) is 0 Å². The van der Waals surface area contributed by atoms with E-state index < -0.39 is 9.04 Å². The van der Waals surface area contributed by atoms with Gasteiger partial charge in [0.2, 0.25) is 0 Å². The zero-order valence-corrected chi connectivity index (χ0v) is 12.1. The molecule has 0 aliphatic carbocycles. The van der Waals surface area contributed by atoms with Gasteiger partial charge < -0.3 is 3.87 Å². The Bertz CT molecular complexity index is 453. The van der Waals surface area contributed by atoms with Gasteiger partial charge in [-0.25, -0.2) is 0 Å². The van der Waals surface area contributed by atoms with Crippen molar-refractivity contribution in [2.24, 2.45) is 0 Å². The molecule has 0 atom stereocenters. The Morgan fingerprint density at radius 3 is 2.00 bits per heavy atom. The van der Waals surface area contributed by atoms with Gasteiger partial charge in [-0.15, -0.1) is 0 Å². The summed E-state index contributed by atoms with van der Waals surface area (Å²) in [6.07, 6.45) is 0. The van der Waals surface area contributed by atoms with E-state index in [1.165, 1.54) is 28.1 Å². The van der Waals surface area contributed by atoms with Crippen LogP contribution in [0.3, 0.4) is 0 Å². The van der Waals surface area contributed by atoms with Gasteiger partial charge >= 0.3 is 0 Å². The fraction of sp³-hybridized carbons (Fsp3) is 0.143. The van der Waals surface area contributed by atoms with Crippen LogP contribution in [0, 0.1) is 0 Å². The normalized spacial score (nSPS) is 10.8. The maximum atomic E-state index is 5.63. The van der Waals surface area contributed by atoms with E-state index in [9.17, 15) is 0 Å². The Balaban J connectivity index is 2.08. The van der Waals surface area contributed by atoms with Crippen LogP contribution in [0.2, 0.25) is 13.1 Å². The van der Waals surface area contributed by atoms with Gasteiger partial charge in [-0.1, -0.05) is 42.5 Å². The average molecular weight is 260 g/mol. The molecule has 0 unspecified atom stereocenters. The van der Waals surface area contributed by atoms with E-state index in [0.717, 1.165) is 0 Å². The molecule has 3 heteroatoms. The van der Waals surface area contributed by atoms with Crippen molar-refractivity contribution in [2.45, 2.75) is 18.0 Å². The molecule has 0 fully saturated rings. The zero-order valence-electron chi connectivity index (χ0n) is 10.1. The molecule has 2 aromatic carbocycles. The summed E-state index contributed by atoms with van der Waals surface area (Å²) in [5.41, 5.74) is 2.50. The van der Waals surface area contributed by atoms with Crippen molar-refractivity contribution in [3.8, 4) is 11.1 Å². The summed E-state index contributed by atoms with van der Waals surface area (Å²) in [4.78, 5) is 1.17. The molecular formula is C14H16OSSi. The van der Waals surface area contributed by atoms with E-state index in [0.29, 0.717) is 0 Å². The van der Waals surface area contributed by atoms with Crippen LogP contribution >= 0.6 is 12.0 Å². The lowest BCUT2D eigenvalue weighted by Gasteiger charge is -2.06. The lowest BCUT2D eigenvalue weighted by Crippen LogP contribution is -2.00. The van der Waals surface area contributed by atoms with Crippen molar-refractivity contribution >= 4 is 21.1 Å². The number of rotatable bonds is 4. The second-order valence-corrected chi connectivity index (χ2v) is 7.62. The molecular weight excluding hydrogens is 244 g/mol. The van der Waals surface area contributed by atoms with E-state index in [1.54, 1.807) is 0 Å². The zero-order chi connectivity index (χ0) is 12.1. The molecule has 0 bridgehead atoms. The number of hydrogen-bond acceptors (Lipinski definition) is 2. The second kappa shape index (κ2) is 6.05. The maximum absolute atomic E-state index is 5.63. The Kier molecular flexibility index (Phi) is 4.42. The van der Waals surface area contributed by atoms with Gasteiger partial charge in [-0.05, 0) is 36.4 Å². The molecule has 0 N–H and O–H groups in total. The van der Waals surface area contributed by atoms with E-state index in [4.69, 9.17) is 3.87 Å². The van der Waals surface area contributed by atoms with Crippen LogP contribution in [0.4, 0.5) is 0 Å². The first-order valence-electron chi connectivity index (χ1n) is 5.74. The highest BCUT2D eigenvalue weighted by molar-refractivity contribution is 7.95. The van der Waals surface area contributed by atoms with Gasteiger partial charge in [0.25, 0.3) is 0 Å². The minimum absolute atomic E-state index is 0.949. The molecule has 0 aliphatic heterocycles. The van der Waals surface area contributed by atoms with Gasteiger partial charge in [-0.3, -0.25) is 0 Å². The third-order valence-electron chi connectivity index (χ3n) is 2.30. The lowest BCUT2D eigenvalue weighted by atomic mass is 10.1. The smallest absolute Gasteiger partial charge is 0.190 e. The number of benzene rings is 2. The van der Waals surface area contributed by atoms with E-state index in [-0.39, 0.29) is 0 Å². The summed E-state index contributed by atoms with van der Waals surface area (Å²) >= 11 is 1.49. The lowest BCUT2D eigenvalue weighted by molar-refractivity contribution is 0.680. The summed E-state index contributed by atoms with van der Waals surface area (Å²) in [6, 6.07) is 18.9. The summed E-state index contributed by atoms with van der Waals surface area (Å²) < 4.78 is 5.63. The quantitative estimate of drug-likeness (QED) is 0.596. The summed E-state index contributed by atoms with van der Waals surface area (Å²) in [5.74, 6) is 0. The van der Waals surface area contributed by atoms with Crippen molar-refractivity contribution < 1.29 is 3.87 Å². The third kappa shape index (κ3) is 3.73. The first-order chi connectivity index (χ1) is 8.25. The van der Waals surface area contributed by atoms with E-state index in [2.05, 4.69) is 61.6 Å². The molecule has 0 spiro atoms. The Hall–Kier alpha value is -1.03. The van der Waals surface area contributed by atoms with Gasteiger partial charge in [0, 0.05) is 16.9 Å². The monoisotopic (exact) mass is 260 g/mol. The van der Waals surface area contributed by atoms with Crippen molar-refractivity contribution in [1.82, 2.24) is 0 Å². The molecule has 1 nitrogen and oxygen atoms in total. The van der Waals surface area contributed by atoms with Crippen LogP contribution in [0.15, 0.2) is 59.5 Å².